The summed E-state index contributed by atoms with van der Waals surface area (Å²) in [6.07, 6.45) is 5.78. The van der Waals surface area contributed by atoms with Crippen molar-refractivity contribution in [2.75, 3.05) is 24.5 Å². The predicted octanol–water partition coefficient (Wildman–Crippen LogP) is 2.26. The second-order valence-corrected chi connectivity index (χ2v) is 7.82. The van der Waals surface area contributed by atoms with Gasteiger partial charge in [-0.25, -0.2) is 4.68 Å². The van der Waals surface area contributed by atoms with E-state index in [1.807, 2.05) is 48.5 Å². The summed E-state index contributed by atoms with van der Waals surface area (Å²) in [5.41, 5.74) is 2.73. The number of amides is 1. The van der Waals surface area contributed by atoms with Gasteiger partial charge in [0.25, 0.3) is 5.56 Å². The van der Waals surface area contributed by atoms with Crippen LogP contribution in [0.2, 0.25) is 0 Å². The van der Waals surface area contributed by atoms with E-state index in [1.54, 1.807) is 18.5 Å². The number of benzene rings is 1. The molecule has 7 heteroatoms. The average Bonchev–Trinajstić information content (AvgIpc) is 2.82. The summed E-state index contributed by atoms with van der Waals surface area (Å²) in [6, 6.07) is 17.3. The van der Waals surface area contributed by atoms with Gasteiger partial charge in [-0.05, 0) is 30.5 Å². The highest BCUT2D eigenvalue weighted by atomic mass is 16.2. The Balaban J connectivity index is 1.27. The molecular weight excluding hydrogens is 390 g/mol. The fourth-order valence-corrected chi connectivity index (χ4v) is 3.88. The van der Waals surface area contributed by atoms with E-state index in [2.05, 4.69) is 20.3 Å². The van der Waals surface area contributed by atoms with E-state index in [-0.39, 0.29) is 17.4 Å². The summed E-state index contributed by atoms with van der Waals surface area (Å²) in [5.74, 6) is 0.110. The molecule has 4 rings (SSSR count). The number of nitrogens with zero attached hydrogens (tertiary/aromatic N) is 4. The average molecular weight is 418 g/mol. The Kier molecular flexibility index (Phi) is 6.72. The van der Waals surface area contributed by atoms with Gasteiger partial charge in [-0.15, -0.1) is 0 Å². The van der Waals surface area contributed by atoms with Gasteiger partial charge in [0.05, 0.1) is 18.4 Å². The molecule has 0 spiro atoms. The first-order valence-electron chi connectivity index (χ1n) is 10.7. The van der Waals surface area contributed by atoms with Gasteiger partial charge in [0.2, 0.25) is 5.91 Å². The van der Waals surface area contributed by atoms with E-state index in [0.717, 1.165) is 49.3 Å². The fourth-order valence-electron chi connectivity index (χ4n) is 3.88. The zero-order chi connectivity index (χ0) is 21.5. The molecule has 1 aliphatic heterocycles. The second-order valence-electron chi connectivity index (χ2n) is 7.82. The largest absolute Gasteiger partial charge is 0.370 e. The van der Waals surface area contributed by atoms with Crippen molar-refractivity contribution in [3.63, 3.8) is 0 Å². The van der Waals surface area contributed by atoms with Gasteiger partial charge in [0, 0.05) is 49.9 Å². The van der Waals surface area contributed by atoms with Gasteiger partial charge >= 0.3 is 0 Å². The highest BCUT2D eigenvalue weighted by molar-refractivity contribution is 5.79. The van der Waals surface area contributed by atoms with Crippen LogP contribution in [0.1, 0.15) is 24.1 Å². The molecular formula is C24H27N5O2. The lowest BCUT2D eigenvalue weighted by Crippen LogP contribution is -2.41. The predicted molar refractivity (Wildman–Crippen MR) is 120 cm³/mol. The number of carbonyl (C=O) groups excluding carboxylic acids is 1. The van der Waals surface area contributed by atoms with Gasteiger partial charge in [0.15, 0.2) is 0 Å². The third kappa shape index (κ3) is 5.57. The lowest BCUT2D eigenvalue weighted by molar-refractivity contribution is -0.125. The fraction of sp³-hybridized carbons (Fsp3) is 0.333. The molecule has 2 aromatic heterocycles. The van der Waals surface area contributed by atoms with Gasteiger partial charge in [0.1, 0.15) is 0 Å². The summed E-state index contributed by atoms with van der Waals surface area (Å²) in [4.78, 5) is 31.4. The topological polar surface area (TPSA) is 80.1 Å². The van der Waals surface area contributed by atoms with Crippen LogP contribution in [0.15, 0.2) is 71.8 Å². The molecule has 7 nitrogen and oxygen atoms in total. The Morgan fingerprint density at radius 1 is 1.06 bits per heavy atom. The normalized spacial score (nSPS) is 14.4. The molecule has 0 bridgehead atoms. The molecule has 0 radical (unpaired) electrons. The minimum absolute atomic E-state index is 0.00592. The highest BCUT2D eigenvalue weighted by Gasteiger charge is 2.25. The van der Waals surface area contributed by atoms with Crippen LogP contribution in [-0.4, -0.2) is 40.3 Å². The zero-order valence-electron chi connectivity index (χ0n) is 17.5. The standard InChI is InChI=1S/C24H27N5O2/c30-23-16-22(17-27-29(23)18-19-6-2-1-3-7-19)28-14-10-20(11-15-28)24(31)26-13-9-21-8-4-5-12-25-21/h1-8,12,16-17,20H,9-11,13-15,18H2,(H,26,31). The Morgan fingerprint density at radius 3 is 2.55 bits per heavy atom. The molecule has 1 aromatic carbocycles. The third-order valence-electron chi connectivity index (χ3n) is 5.67. The highest BCUT2D eigenvalue weighted by Crippen LogP contribution is 2.22. The van der Waals surface area contributed by atoms with Crippen molar-refractivity contribution in [3.8, 4) is 0 Å². The van der Waals surface area contributed by atoms with Crippen LogP contribution in [0.4, 0.5) is 5.69 Å². The van der Waals surface area contributed by atoms with Crippen LogP contribution < -0.4 is 15.8 Å². The molecule has 160 valence electrons. The minimum Gasteiger partial charge on any atom is -0.370 e. The SMILES string of the molecule is O=C(NCCc1ccccn1)C1CCN(c2cnn(Cc3ccccc3)c(=O)c2)CC1. The molecule has 3 heterocycles. The quantitative estimate of drug-likeness (QED) is 0.638. The van der Waals surface area contributed by atoms with Crippen LogP contribution in [0.3, 0.4) is 0 Å². The van der Waals surface area contributed by atoms with Crippen molar-refractivity contribution >= 4 is 11.6 Å². The van der Waals surface area contributed by atoms with Crippen molar-refractivity contribution in [2.45, 2.75) is 25.8 Å². The van der Waals surface area contributed by atoms with E-state index in [0.29, 0.717) is 13.1 Å². The molecule has 31 heavy (non-hydrogen) atoms. The van der Waals surface area contributed by atoms with E-state index in [4.69, 9.17) is 0 Å². The first-order valence-corrected chi connectivity index (χ1v) is 10.7. The maximum absolute atomic E-state index is 12.5. The number of carbonyl (C=O) groups is 1. The number of pyridine rings is 1. The van der Waals surface area contributed by atoms with Gasteiger partial charge in [-0.3, -0.25) is 14.6 Å². The Labute approximate surface area is 181 Å². The number of hydrogen-bond acceptors (Lipinski definition) is 5. The van der Waals surface area contributed by atoms with Gasteiger partial charge in [-0.1, -0.05) is 36.4 Å². The lowest BCUT2D eigenvalue weighted by atomic mass is 9.95. The molecule has 0 saturated carbocycles. The number of aromatic nitrogens is 3. The molecule has 0 unspecified atom stereocenters. The first-order chi connectivity index (χ1) is 15.2. The number of rotatable bonds is 7. The van der Waals surface area contributed by atoms with Gasteiger partial charge < -0.3 is 10.2 Å². The van der Waals surface area contributed by atoms with E-state index in [9.17, 15) is 9.59 Å². The van der Waals surface area contributed by atoms with Crippen molar-refractivity contribution in [2.24, 2.45) is 5.92 Å². The van der Waals surface area contributed by atoms with Crippen molar-refractivity contribution in [3.05, 3.63) is 88.6 Å². The summed E-state index contributed by atoms with van der Waals surface area (Å²) in [5, 5.41) is 7.38. The molecule has 0 aliphatic carbocycles. The Hall–Kier alpha value is -3.48. The second kappa shape index (κ2) is 10.0. The number of anilines is 1. The van der Waals surface area contributed by atoms with Crippen molar-refractivity contribution in [1.82, 2.24) is 20.1 Å². The van der Waals surface area contributed by atoms with Crippen molar-refractivity contribution < 1.29 is 4.79 Å². The molecule has 1 saturated heterocycles. The number of hydrogen-bond donors (Lipinski definition) is 1. The monoisotopic (exact) mass is 417 g/mol. The molecule has 1 fully saturated rings. The summed E-state index contributed by atoms with van der Waals surface area (Å²) in [7, 11) is 0. The van der Waals surface area contributed by atoms with Gasteiger partial charge in [-0.2, -0.15) is 5.10 Å². The molecule has 3 aromatic rings. The van der Waals surface area contributed by atoms with Crippen LogP contribution >= 0.6 is 0 Å². The van der Waals surface area contributed by atoms with E-state index < -0.39 is 0 Å². The minimum atomic E-state index is -0.115. The smallest absolute Gasteiger partial charge is 0.269 e. The maximum atomic E-state index is 12.5. The molecule has 1 aliphatic rings. The third-order valence-corrected chi connectivity index (χ3v) is 5.67. The summed E-state index contributed by atoms with van der Waals surface area (Å²) < 4.78 is 1.47. The van der Waals surface area contributed by atoms with Crippen LogP contribution in [-0.2, 0) is 17.8 Å². The Bertz CT molecular complexity index is 1040. The maximum Gasteiger partial charge on any atom is 0.269 e. The number of nitrogens with one attached hydrogen (secondary N) is 1. The lowest BCUT2D eigenvalue weighted by Gasteiger charge is -2.32. The molecule has 1 amide bonds. The molecule has 1 N–H and O–H groups in total. The summed E-state index contributed by atoms with van der Waals surface area (Å²) in [6.45, 7) is 2.53. The summed E-state index contributed by atoms with van der Waals surface area (Å²) >= 11 is 0. The molecule has 0 atom stereocenters. The van der Waals surface area contributed by atoms with Crippen LogP contribution in [0, 0.1) is 5.92 Å². The zero-order valence-corrected chi connectivity index (χ0v) is 17.5. The Morgan fingerprint density at radius 2 is 1.84 bits per heavy atom. The number of piperidine rings is 1. The van der Waals surface area contributed by atoms with E-state index in [1.165, 1.54) is 4.68 Å². The van der Waals surface area contributed by atoms with E-state index >= 15 is 0 Å². The first kappa shape index (κ1) is 20.8. The van der Waals surface area contributed by atoms with Crippen LogP contribution in [0.5, 0.6) is 0 Å². The van der Waals surface area contributed by atoms with Crippen molar-refractivity contribution in [1.29, 1.82) is 0 Å². The van der Waals surface area contributed by atoms with Crippen LogP contribution in [0.25, 0.3) is 0 Å².